The van der Waals surface area contributed by atoms with E-state index in [-0.39, 0.29) is 68.8 Å². The van der Waals surface area contributed by atoms with Crippen LogP contribution in [0.1, 0.15) is 70.6 Å². The van der Waals surface area contributed by atoms with Crippen molar-refractivity contribution >= 4 is 75.9 Å². The summed E-state index contributed by atoms with van der Waals surface area (Å²) in [5, 5.41) is 8.75. The molecular weight excluding hydrogens is 861 g/mol. The molecule has 14 nitrogen and oxygen atoms in total. The van der Waals surface area contributed by atoms with Crippen molar-refractivity contribution in [3.63, 3.8) is 0 Å². The van der Waals surface area contributed by atoms with Crippen LogP contribution in [0.25, 0.3) is 5.69 Å². The minimum Gasteiger partial charge on any atom is -0.465 e. The molecule has 326 valence electrons. The van der Waals surface area contributed by atoms with Crippen molar-refractivity contribution in [2.45, 2.75) is 92.2 Å². The second-order valence-electron chi connectivity index (χ2n) is 12.9. The van der Waals surface area contributed by atoms with Crippen LogP contribution in [0.4, 0.5) is 30.8 Å². The number of esters is 1. The van der Waals surface area contributed by atoms with Gasteiger partial charge in [0.15, 0.2) is 5.82 Å². The predicted molar refractivity (Wildman–Crippen MR) is 227 cm³/mol. The average molecular weight is 912 g/mol. The van der Waals surface area contributed by atoms with Gasteiger partial charge < -0.3 is 25.0 Å². The highest BCUT2D eigenvalue weighted by atomic mass is 35.5. The highest BCUT2D eigenvalue weighted by Gasteiger charge is 2.26. The first-order valence-corrected chi connectivity index (χ1v) is 20.2. The number of methoxy groups -OCH3 is 1. The monoisotopic (exact) mass is 909 g/mol. The minimum atomic E-state index is -3.12. The lowest BCUT2D eigenvalue weighted by atomic mass is 10.0. The molecule has 0 aliphatic carbocycles. The van der Waals surface area contributed by atoms with Gasteiger partial charge in [0, 0.05) is 31.1 Å². The van der Waals surface area contributed by atoms with Gasteiger partial charge in [-0.1, -0.05) is 36.7 Å². The van der Waals surface area contributed by atoms with E-state index in [2.05, 4.69) is 43.7 Å². The van der Waals surface area contributed by atoms with Crippen LogP contribution in [0.5, 0.6) is 0 Å². The number of benzene rings is 2. The number of amides is 1. The lowest BCUT2D eigenvalue weighted by Crippen LogP contribution is -2.43. The molecule has 0 aliphatic heterocycles. The Hall–Kier alpha value is -4.16. The van der Waals surface area contributed by atoms with Gasteiger partial charge in [0.1, 0.15) is 22.8 Å². The maximum Gasteiger partial charge on any atom is 0.355 e. The Morgan fingerprint density at radius 2 is 1.66 bits per heavy atom. The third kappa shape index (κ3) is 14.8. The van der Waals surface area contributed by atoms with Crippen LogP contribution in [0, 0.1) is 19.7 Å². The highest BCUT2D eigenvalue weighted by molar-refractivity contribution is 6.32. The van der Waals surface area contributed by atoms with E-state index in [0.717, 1.165) is 41.9 Å². The second-order valence-corrected chi connectivity index (χ2v) is 14.5. The van der Waals surface area contributed by atoms with Crippen LogP contribution in [0.15, 0.2) is 35.1 Å². The highest BCUT2D eigenvalue weighted by Crippen LogP contribution is 2.29. The van der Waals surface area contributed by atoms with Gasteiger partial charge in [-0.3, -0.25) is 9.59 Å². The summed E-state index contributed by atoms with van der Waals surface area (Å²) in [4.78, 5) is 49.7. The van der Waals surface area contributed by atoms with Gasteiger partial charge in [0.25, 0.3) is 0 Å². The van der Waals surface area contributed by atoms with Gasteiger partial charge in [-0.05, 0) is 95.3 Å². The Morgan fingerprint density at radius 3 is 2.20 bits per heavy atom. The molecule has 0 saturated carbocycles. The van der Waals surface area contributed by atoms with Crippen LogP contribution >= 0.6 is 46.4 Å². The molecule has 0 fully saturated rings. The van der Waals surface area contributed by atoms with Gasteiger partial charge >= 0.3 is 18.2 Å². The van der Waals surface area contributed by atoms with E-state index in [9.17, 15) is 27.6 Å². The fourth-order valence-electron chi connectivity index (χ4n) is 5.50. The van der Waals surface area contributed by atoms with Gasteiger partial charge in [-0.2, -0.15) is 28.4 Å². The molecule has 2 aromatic carbocycles. The van der Waals surface area contributed by atoms with E-state index in [1.165, 1.54) is 6.92 Å². The number of carbonyl (C=O) groups excluding carboxylic acids is 2. The molecule has 2 aromatic heterocycles. The largest absolute Gasteiger partial charge is 0.465 e. The maximum atomic E-state index is 14.2. The van der Waals surface area contributed by atoms with Crippen molar-refractivity contribution in [3.8, 4) is 5.69 Å². The second kappa shape index (κ2) is 24.8. The Labute approximate surface area is 361 Å². The zero-order valence-electron chi connectivity index (χ0n) is 34.3. The molecule has 0 saturated heterocycles. The lowest BCUT2D eigenvalue weighted by Gasteiger charge is -2.31. The van der Waals surface area contributed by atoms with Crippen LogP contribution in [-0.4, -0.2) is 91.4 Å². The summed E-state index contributed by atoms with van der Waals surface area (Å²) in [6.07, 6.45) is 0.762. The van der Waals surface area contributed by atoms with Crippen molar-refractivity contribution in [2.24, 2.45) is 0 Å². The smallest absolute Gasteiger partial charge is 0.355 e. The summed E-state index contributed by atoms with van der Waals surface area (Å²) in [6, 6.07) is 8.34. The third-order valence-electron chi connectivity index (χ3n) is 8.00. The molecule has 2 atom stereocenters. The number of halogens is 7. The van der Waals surface area contributed by atoms with E-state index >= 15 is 0 Å². The van der Waals surface area contributed by atoms with Crippen molar-refractivity contribution in [3.05, 3.63) is 79.5 Å². The average Bonchev–Trinajstić information content (AvgIpc) is 3.46. The number of anilines is 3. The number of alkyl halides is 4. The number of nitrogens with zero attached hydrogens (tertiary/aromatic N) is 7. The van der Waals surface area contributed by atoms with E-state index in [1.807, 2.05) is 46.8 Å². The number of ether oxygens (including phenoxy) is 2. The van der Waals surface area contributed by atoms with Gasteiger partial charge in [-0.25, -0.2) is 13.8 Å². The van der Waals surface area contributed by atoms with Crippen molar-refractivity contribution < 1.29 is 32.2 Å². The summed E-state index contributed by atoms with van der Waals surface area (Å²) in [7, 11) is 1.64. The molecular formula is C38H50Cl4F3N9O5. The number of carbonyl (C=O) groups is 2. The summed E-state index contributed by atoms with van der Waals surface area (Å²) < 4.78 is 50.7. The van der Waals surface area contributed by atoms with E-state index < -0.39 is 29.4 Å². The molecule has 4 rings (SSSR count). The number of aryl methyl sites for hydroxylation is 3. The molecule has 0 aliphatic rings. The number of nitrogens with one attached hydrogen (secondary N) is 2. The molecule has 0 bridgehead atoms. The zero-order chi connectivity index (χ0) is 44.6. The van der Waals surface area contributed by atoms with Crippen molar-refractivity contribution in [1.82, 2.24) is 29.3 Å². The molecule has 2 N–H and O–H groups in total. The molecule has 1 amide bonds. The number of hydrogen-bond acceptors (Lipinski definition) is 11. The first-order valence-electron chi connectivity index (χ1n) is 18.5. The Bertz CT molecular complexity index is 2060. The molecule has 0 spiro atoms. The molecule has 4 aromatic rings. The Kier molecular flexibility index (Phi) is 21.4. The van der Waals surface area contributed by atoms with Gasteiger partial charge in [-0.15, -0.1) is 28.3 Å². The van der Waals surface area contributed by atoms with E-state index in [0.29, 0.717) is 23.2 Å². The number of para-hydroxylation sites is 1. The maximum absolute atomic E-state index is 14.2. The molecule has 0 radical (unpaired) electrons. The van der Waals surface area contributed by atoms with Crippen molar-refractivity contribution in [1.29, 1.82) is 0 Å². The van der Waals surface area contributed by atoms with Crippen LogP contribution in [0.2, 0.25) is 10.3 Å². The first-order chi connectivity index (χ1) is 27.8. The first kappa shape index (κ1) is 51.0. The molecule has 2 unspecified atom stereocenters. The normalized spacial score (nSPS) is 11.9. The topological polar surface area (TPSA) is 158 Å². The zero-order valence-corrected chi connectivity index (χ0v) is 37.3. The number of rotatable bonds is 16. The molecule has 21 heteroatoms. The van der Waals surface area contributed by atoms with Crippen LogP contribution in [0.3, 0.4) is 0 Å². The predicted octanol–water partition coefficient (Wildman–Crippen LogP) is 8.18. The summed E-state index contributed by atoms with van der Waals surface area (Å²) in [5.41, 5.74) is 1.84. The SMILES string of the molecule is CCNc1nc(Cl)nc(NC(C)C)n1.CCOC(=O)C(Cl)Cc1cc(-n2nc(C)n(C(F)F)c2=O)c(F)cc1Cl.CCc1cccc(C)c1N(C(=O)CCl)C(C)COC. The summed E-state index contributed by atoms with van der Waals surface area (Å²) in [5.74, 6) is -1.04. The number of hydrogen-bond donors (Lipinski definition) is 2. The third-order valence-corrected chi connectivity index (χ3v) is 9.08. The quantitative estimate of drug-likeness (QED) is 0.0825. The Morgan fingerprint density at radius 1 is 1.00 bits per heavy atom. The standard InChI is InChI=1S/C15H14Cl2F3N3O3.C15H22ClNO2.C8H14ClN5/c1-3-26-13(24)10(17)4-8-5-12(11(18)6-9(8)16)23-15(25)22(14(19)20)7(2)21-23;1-5-13-8-6-7-11(2)15(13)17(14(18)9-16)12(3)10-19-4;1-4-10-7-12-6(9)13-8(14-7)11-5(2)3/h5-6,10,14H,3-4H2,1-2H3;6-8,12H,5,9-10H2,1-4H3;5H,4H2,1-3H3,(H2,10,11,12,13,14). The number of aromatic nitrogens is 6. The fourth-order valence-corrected chi connectivity index (χ4v) is 6.24. The summed E-state index contributed by atoms with van der Waals surface area (Å²) >= 11 is 23.4. The Balaban J connectivity index is 0.000000321. The van der Waals surface area contributed by atoms with E-state index in [1.54, 1.807) is 18.9 Å². The van der Waals surface area contributed by atoms with Gasteiger partial charge in [0.05, 0.1) is 24.9 Å². The van der Waals surface area contributed by atoms with E-state index in [4.69, 9.17) is 55.9 Å². The lowest BCUT2D eigenvalue weighted by molar-refractivity contribution is -0.142. The minimum absolute atomic E-state index is 0.0223. The fraction of sp³-hybridized carbons (Fsp3) is 0.500. The molecule has 2 heterocycles. The van der Waals surface area contributed by atoms with Gasteiger partial charge in [0.2, 0.25) is 23.1 Å². The van der Waals surface area contributed by atoms with Crippen LogP contribution in [-0.2, 0) is 31.9 Å². The molecule has 59 heavy (non-hydrogen) atoms. The van der Waals surface area contributed by atoms with Crippen molar-refractivity contribution in [2.75, 3.05) is 48.3 Å². The van der Waals surface area contributed by atoms with Crippen LogP contribution < -0.4 is 21.2 Å². The summed E-state index contributed by atoms with van der Waals surface area (Å²) in [6.45, 7) is 13.1.